The first kappa shape index (κ1) is 13.4. The lowest BCUT2D eigenvalue weighted by atomic mass is 9.87. The highest BCUT2D eigenvalue weighted by molar-refractivity contribution is 4.82. The Kier molecular flexibility index (Phi) is 4.87. The van der Waals surface area contributed by atoms with Crippen LogP contribution in [0, 0.1) is 17.8 Å². The van der Waals surface area contributed by atoms with Gasteiger partial charge in [-0.2, -0.15) is 0 Å². The average Bonchev–Trinajstić information content (AvgIpc) is 2.27. The zero-order valence-electron chi connectivity index (χ0n) is 12.0. The zero-order chi connectivity index (χ0) is 12.3. The molecule has 0 aliphatic carbocycles. The van der Waals surface area contributed by atoms with Crippen molar-refractivity contribution < 1.29 is 0 Å². The average molecular weight is 238 g/mol. The largest absolute Gasteiger partial charge is 0.304 e. The van der Waals surface area contributed by atoms with E-state index < -0.39 is 0 Å². The summed E-state index contributed by atoms with van der Waals surface area (Å²) < 4.78 is 0. The van der Waals surface area contributed by atoms with E-state index in [1.807, 2.05) is 0 Å². The van der Waals surface area contributed by atoms with Crippen molar-refractivity contribution in [2.75, 3.05) is 39.3 Å². The molecule has 0 N–H and O–H groups in total. The van der Waals surface area contributed by atoms with E-state index >= 15 is 0 Å². The fraction of sp³-hybridized carbons (Fsp3) is 1.00. The van der Waals surface area contributed by atoms with E-state index in [4.69, 9.17) is 0 Å². The summed E-state index contributed by atoms with van der Waals surface area (Å²) in [7, 11) is 0. The van der Waals surface area contributed by atoms with Crippen molar-refractivity contribution in [2.45, 2.75) is 40.0 Å². The number of hydrogen-bond acceptors (Lipinski definition) is 2. The van der Waals surface area contributed by atoms with Crippen LogP contribution in [-0.2, 0) is 0 Å². The lowest BCUT2D eigenvalue weighted by Crippen LogP contribution is -2.49. The summed E-state index contributed by atoms with van der Waals surface area (Å²) in [6, 6.07) is 0. The third kappa shape index (κ3) is 3.69. The molecule has 0 amide bonds. The van der Waals surface area contributed by atoms with Crippen LogP contribution in [-0.4, -0.2) is 49.1 Å². The maximum atomic E-state index is 2.66. The number of likely N-dealkylation sites (tertiary alicyclic amines) is 2. The minimum Gasteiger partial charge on any atom is -0.304 e. The zero-order valence-corrected chi connectivity index (χ0v) is 12.0. The van der Waals surface area contributed by atoms with Crippen molar-refractivity contribution in [3.8, 4) is 0 Å². The van der Waals surface area contributed by atoms with Gasteiger partial charge in [0.2, 0.25) is 0 Å². The van der Waals surface area contributed by atoms with Gasteiger partial charge in [-0.25, -0.2) is 0 Å². The van der Waals surface area contributed by atoms with Crippen molar-refractivity contribution in [1.29, 1.82) is 0 Å². The molecule has 0 bridgehead atoms. The molecule has 0 aromatic rings. The number of rotatable bonds is 5. The molecule has 0 aromatic carbocycles. The van der Waals surface area contributed by atoms with E-state index in [2.05, 4.69) is 30.6 Å². The van der Waals surface area contributed by atoms with Gasteiger partial charge in [0.1, 0.15) is 0 Å². The Morgan fingerprint density at radius 2 is 1.71 bits per heavy atom. The Balaban J connectivity index is 1.55. The highest BCUT2D eigenvalue weighted by Crippen LogP contribution is 2.26. The molecule has 0 aromatic heterocycles. The third-order valence-electron chi connectivity index (χ3n) is 4.94. The molecule has 2 nitrogen and oxygen atoms in total. The van der Waals surface area contributed by atoms with Gasteiger partial charge in [0.25, 0.3) is 0 Å². The van der Waals surface area contributed by atoms with E-state index in [9.17, 15) is 0 Å². The maximum Gasteiger partial charge on any atom is 0.00245 e. The SMILES string of the molecule is CCN1CCC(CCN2CC(C(C)C)C2)CC1. The van der Waals surface area contributed by atoms with Crippen molar-refractivity contribution in [3.05, 3.63) is 0 Å². The van der Waals surface area contributed by atoms with E-state index in [-0.39, 0.29) is 0 Å². The molecule has 2 aliphatic rings. The maximum absolute atomic E-state index is 2.66. The Bertz CT molecular complexity index is 213. The summed E-state index contributed by atoms with van der Waals surface area (Å²) in [5.74, 6) is 2.88. The lowest BCUT2D eigenvalue weighted by molar-refractivity contribution is 0.0583. The normalized spacial score (nSPS) is 25.4. The molecule has 0 saturated carbocycles. The quantitative estimate of drug-likeness (QED) is 0.726. The van der Waals surface area contributed by atoms with Crippen LogP contribution in [0.4, 0.5) is 0 Å². The second-order valence-corrected chi connectivity index (χ2v) is 6.43. The van der Waals surface area contributed by atoms with E-state index in [1.54, 1.807) is 0 Å². The molecule has 2 saturated heterocycles. The van der Waals surface area contributed by atoms with Crippen LogP contribution in [0.5, 0.6) is 0 Å². The van der Waals surface area contributed by atoms with Gasteiger partial charge < -0.3 is 9.80 Å². The first-order valence-corrected chi connectivity index (χ1v) is 7.63. The molecule has 0 spiro atoms. The van der Waals surface area contributed by atoms with E-state index in [1.165, 1.54) is 58.5 Å². The Hall–Kier alpha value is -0.0800. The molecular formula is C15H30N2. The van der Waals surface area contributed by atoms with Crippen LogP contribution in [0.2, 0.25) is 0 Å². The van der Waals surface area contributed by atoms with Crippen molar-refractivity contribution in [1.82, 2.24) is 9.80 Å². The van der Waals surface area contributed by atoms with Gasteiger partial charge >= 0.3 is 0 Å². The Morgan fingerprint density at radius 3 is 2.24 bits per heavy atom. The van der Waals surface area contributed by atoms with Gasteiger partial charge in [0, 0.05) is 13.1 Å². The number of piperidine rings is 1. The molecule has 2 rings (SSSR count). The fourth-order valence-electron chi connectivity index (χ4n) is 3.17. The standard InChI is InChI=1S/C15H30N2/c1-4-16-8-5-14(6-9-16)7-10-17-11-15(12-17)13(2)3/h13-15H,4-12H2,1-3H3. The molecule has 0 radical (unpaired) electrons. The predicted molar refractivity (Wildman–Crippen MR) is 74.2 cm³/mol. The summed E-state index contributed by atoms with van der Waals surface area (Å²) in [5, 5.41) is 0. The summed E-state index contributed by atoms with van der Waals surface area (Å²) in [6.07, 6.45) is 4.33. The van der Waals surface area contributed by atoms with Crippen molar-refractivity contribution in [2.24, 2.45) is 17.8 Å². The van der Waals surface area contributed by atoms with E-state index in [0.717, 1.165) is 17.8 Å². The van der Waals surface area contributed by atoms with Gasteiger partial charge in [-0.1, -0.05) is 20.8 Å². The van der Waals surface area contributed by atoms with Crippen LogP contribution in [0.15, 0.2) is 0 Å². The number of hydrogen-bond donors (Lipinski definition) is 0. The van der Waals surface area contributed by atoms with Crippen LogP contribution in [0.25, 0.3) is 0 Å². The van der Waals surface area contributed by atoms with E-state index in [0.29, 0.717) is 0 Å². The Labute approximate surface area is 107 Å². The van der Waals surface area contributed by atoms with Crippen molar-refractivity contribution >= 4 is 0 Å². The van der Waals surface area contributed by atoms with Gasteiger partial charge in [0.15, 0.2) is 0 Å². The first-order valence-electron chi connectivity index (χ1n) is 7.63. The molecule has 2 fully saturated rings. The molecular weight excluding hydrogens is 208 g/mol. The van der Waals surface area contributed by atoms with Crippen molar-refractivity contribution in [3.63, 3.8) is 0 Å². The van der Waals surface area contributed by atoms with Crippen LogP contribution in [0.1, 0.15) is 40.0 Å². The molecule has 0 unspecified atom stereocenters. The lowest BCUT2D eigenvalue weighted by Gasteiger charge is -2.42. The summed E-state index contributed by atoms with van der Waals surface area (Å²) in [4.78, 5) is 5.26. The minimum atomic E-state index is 0.888. The smallest absolute Gasteiger partial charge is 0.00245 e. The topological polar surface area (TPSA) is 6.48 Å². The highest BCUT2D eigenvalue weighted by Gasteiger charge is 2.29. The molecule has 0 atom stereocenters. The molecule has 17 heavy (non-hydrogen) atoms. The van der Waals surface area contributed by atoms with Gasteiger partial charge in [-0.3, -0.25) is 0 Å². The molecule has 2 heteroatoms. The summed E-state index contributed by atoms with van der Waals surface area (Å²) in [6.45, 7) is 15.0. The molecule has 2 aliphatic heterocycles. The monoisotopic (exact) mass is 238 g/mol. The molecule has 2 heterocycles. The summed E-state index contributed by atoms with van der Waals surface area (Å²) in [5.41, 5.74) is 0. The van der Waals surface area contributed by atoms with Crippen LogP contribution >= 0.6 is 0 Å². The second-order valence-electron chi connectivity index (χ2n) is 6.43. The van der Waals surface area contributed by atoms with Gasteiger partial charge in [0.05, 0.1) is 0 Å². The van der Waals surface area contributed by atoms with Crippen LogP contribution in [0.3, 0.4) is 0 Å². The summed E-state index contributed by atoms with van der Waals surface area (Å²) >= 11 is 0. The number of nitrogens with zero attached hydrogens (tertiary/aromatic N) is 2. The predicted octanol–water partition coefficient (Wildman–Crippen LogP) is 2.70. The minimum absolute atomic E-state index is 0.888. The van der Waals surface area contributed by atoms with Gasteiger partial charge in [-0.05, 0) is 63.2 Å². The second kappa shape index (κ2) is 6.19. The Morgan fingerprint density at radius 1 is 1.06 bits per heavy atom. The van der Waals surface area contributed by atoms with Gasteiger partial charge in [-0.15, -0.1) is 0 Å². The molecule has 100 valence electrons. The highest BCUT2D eigenvalue weighted by atomic mass is 15.2. The third-order valence-corrected chi connectivity index (χ3v) is 4.94. The van der Waals surface area contributed by atoms with Crippen LogP contribution < -0.4 is 0 Å². The first-order chi connectivity index (χ1) is 8.19. The fourth-order valence-corrected chi connectivity index (χ4v) is 3.17.